The molecular weight excluding hydrogens is 333 g/mol. The van der Waals surface area contributed by atoms with Gasteiger partial charge in [0.2, 0.25) is 5.91 Å². The summed E-state index contributed by atoms with van der Waals surface area (Å²) in [7, 11) is -3.55. The van der Waals surface area contributed by atoms with Crippen molar-refractivity contribution in [2.75, 3.05) is 5.75 Å². The molecular formula is C14H19Cl2NO3S. The normalized spacial score (nSPS) is 13.2. The Morgan fingerprint density at radius 2 is 1.81 bits per heavy atom. The minimum absolute atomic E-state index is 0.0716. The van der Waals surface area contributed by atoms with E-state index in [4.69, 9.17) is 23.2 Å². The Hall–Kier alpha value is -0.780. The lowest BCUT2D eigenvalue weighted by atomic mass is 10.1. The number of sulfone groups is 1. The highest BCUT2D eigenvalue weighted by atomic mass is 35.5. The van der Waals surface area contributed by atoms with Gasteiger partial charge in [-0.1, -0.05) is 43.1 Å². The van der Waals surface area contributed by atoms with E-state index in [9.17, 15) is 13.2 Å². The largest absolute Gasteiger partial charge is 0.353 e. The van der Waals surface area contributed by atoms with E-state index in [1.54, 1.807) is 6.07 Å². The van der Waals surface area contributed by atoms with Crippen molar-refractivity contribution in [3.8, 4) is 0 Å². The predicted octanol–water partition coefficient (Wildman–Crippen LogP) is 3.07. The zero-order chi connectivity index (χ0) is 16.2. The Balaban J connectivity index is 2.69. The van der Waals surface area contributed by atoms with E-state index in [0.29, 0.717) is 15.6 Å². The number of rotatable bonds is 6. The van der Waals surface area contributed by atoms with Crippen molar-refractivity contribution in [2.24, 2.45) is 5.92 Å². The van der Waals surface area contributed by atoms with Crippen molar-refractivity contribution >= 4 is 38.9 Å². The van der Waals surface area contributed by atoms with Crippen LogP contribution in [0.5, 0.6) is 0 Å². The summed E-state index contributed by atoms with van der Waals surface area (Å²) in [6, 6.07) is 4.55. The molecule has 1 aromatic rings. The fraction of sp³-hybridized carbons (Fsp3) is 0.500. The molecule has 118 valence electrons. The summed E-state index contributed by atoms with van der Waals surface area (Å²) < 4.78 is 24.0. The van der Waals surface area contributed by atoms with Gasteiger partial charge in [0.1, 0.15) is 5.75 Å². The number of hydrogen-bond acceptors (Lipinski definition) is 3. The lowest BCUT2D eigenvalue weighted by Gasteiger charge is -2.17. The zero-order valence-corrected chi connectivity index (χ0v) is 14.5. The number of halogens is 2. The van der Waals surface area contributed by atoms with Crippen LogP contribution in [0.15, 0.2) is 18.2 Å². The molecule has 0 heterocycles. The maximum absolute atomic E-state index is 12.0. The van der Waals surface area contributed by atoms with E-state index in [2.05, 4.69) is 5.32 Å². The van der Waals surface area contributed by atoms with Crippen molar-refractivity contribution in [3.05, 3.63) is 33.8 Å². The highest BCUT2D eigenvalue weighted by Gasteiger charge is 2.20. The molecule has 1 aromatic carbocycles. The third-order valence-corrected chi connectivity index (χ3v) is 5.32. The van der Waals surface area contributed by atoms with Crippen LogP contribution >= 0.6 is 23.2 Å². The average Bonchev–Trinajstić information content (AvgIpc) is 2.32. The van der Waals surface area contributed by atoms with E-state index >= 15 is 0 Å². The average molecular weight is 352 g/mol. The summed E-state index contributed by atoms with van der Waals surface area (Å²) >= 11 is 11.6. The molecule has 1 atom stereocenters. The number of carbonyl (C=O) groups excluding carboxylic acids is 1. The molecule has 0 saturated heterocycles. The smallest absolute Gasteiger partial charge is 0.235 e. The highest BCUT2D eigenvalue weighted by molar-refractivity contribution is 7.91. The van der Waals surface area contributed by atoms with Crippen molar-refractivity contribution in [2.45, 2.75) is 32.6 Å². The molecule has 0 saturated carbocycles. The van der Waals surface area contributed by atoms with E-state index in [1.807, 2.05) is 20.8 Å². The lowest BCUT2D eigenvalue weighted by Crippen LogP contribution is -2.39. The van der Waals surface area contributed by atoms with Gasteiger partial charge in [-0.05, 0) is 30.5 Å². The number of nitrogens with one attached hydrogen (secondary N) is 1. The van der Waals surface area contributed by atoms with E-state index in [0.717, 1.165) is 0 Å². The van der Waals surface area contributed by atoms with E-state index in [-0.39, 0.29) is 17.7 Å². The molecule has 21 heavy (non-hydrogen) atoms. The molecule has 1 amide bonds. The van der Waals surface area contributed by atoms with Crippen molar-refractivity contribution in [1.29, 1.82) is 0 Å². The van der Waals surface area contributed by atoms with E-state index < -0.39 is 21.5 Å². The molecule has 0 aliphatic heterocycles. The minimum atomic E-state index is -3.55. The zero-order valence-electron chi connectivity index (χ0n) is 12.2. The molecule has 0 radical (unpaired) electrons. The van der Waals surface area contributed by atoms with Crippen molar-refractivity contribution in [1.82, 2.24) is 5.32 Å². The van der Waals surface area contributed by atoms with Gasteiger partial charge in [0.15, 0.2) is 9.84 Å². The number of amides is 1. The Morgan fingerprint density at radius 3 is 2.33 bits per heavy atom. The predicted molar refractivity (Wildman–Crippen MR) is 86.4 cm³/mol. The van der Waals surface area contributed by atoms with Crippen LogP contribution < -0.4 is 5.32 Å². The second kappa shape index (κ2) is 7.47. The second-order valence-electron chi connectivity index (χ2n) is 5.38. The molecule has 0 spiro atoms. The molecule has 1 rings (SSSR count). The summed E-state index contributed by atoms with van der Waals surface area (Å²) in [4.78, 5) is 11.7. The molecule has 7 heteroatoms. The van der Waals surface area contributed by atoms with Crippen LogP contribution in [0.1, 0.15) is 26.3 Å². The Bertz CT molecular complexity index is 615. The van der Waals surface area contributed by atoms with Gasteiger partial charge >= 0.3 is 0 Å². The summed E-state index contributed by atoms with van der Waals surface area (Å²) in [5.41, 5.74) is 0.508. The van der Waals surface area contributed by atoms with Crippen molar-refractivity contribution < 1.29 is 13.2 Å². The molecule has 0 fully saturated rings. The highest BCUT2D eigenvalue weighted by Crippen LogP contribution is 2.23. The first-order chi connectivity index (χ1) is 9.60. The van der Waals surface area contributed by atoms with E-state index in [1.165, 1.54) is 12.1 Å². The molecule has 0 bridgehead atoms. The molecule has 1 N–H and O–H groups in total. The standard InChI is InChI=1S/C14H19Cl2NO3S/c1-9(2)10(3)17-14(18)8-21(19,20)7-11-4-5-12(15)13(16)6-11/h4-6,9-10H,7-8H2,1-3H3,(H,17,18). The summed E-state index contributed by atoms with van der Waals surface area (Å²) in [5, 5.41) is 3.33. The van der Waals surface area contributed by atoms with Crippen LogP contribution in [0.25, 0.3) is 0 Å². The number of benzene rings is 1. The van der Waals surface area contributed by atoms with Gasteiger partial charge in [-0.3, -0.25) is 4.79 Å². The molecule has 0 aromatic heterocycles. The third-order valence-electron chi connectivity index (χ3n) is 3.11. The van der Waals surface area contributed by atoms with Crippen LogP contribution in [0.2, 0.25) is 10.0 Å². The Kier molecular flexibility index (Phi) is 6.50. The van der Waals surface area contributed by atoms with Gasteiger partial charge < -0.3 is 5.32 Å². The van der Waals surface area contributed by atoms with Gasteiger partial charge in [0.25, 0.3) is 0 Å². The van der Waals surface area contributed by atoms with Gasteiger partial charge in [0, 0.05) is 6.04 Å². The summed E-state index contributed by atoms with van der Waals surface area (Å²) in [6.07, 6.45) is 0. The van der Waals surface area contributed by atoms with Gasteiger partial charge in [-0.25, -0.2) is 8.42 Å². The second-order valence-corrected chi connectivity index (χ2v) is 8.26. The Morgan fingerprint density at radius 1 is 1.19 bits per heavy atom. The van der Waals surface area contributed by atoms with Gasteiger partial charge in [-0.2, -0.15) is 0 Å². The quantitative estimate of drug-likeness (QED) is 0.856. The van der Waals surface area contributed by atoms with Crippen LogP contribution in [0.4, 0.5) is 0 Å². The first-order valence-corrected chi connectivity index (χ1v) is 9.12. The molecule has 0 aliphatic carbocycles. The maximum Gasteiger partial charge on any atom is 0.235 e. The SMILES string of the molecule is CC(C)C(C)NC(=O)CS(=O)(=O)Cc1ccc(Cl)c(Cl)c1. The van der Waals surface area contributed by atoms with Crippen molar-refractivity contribution in [3.63, 3.8) is 0 Å². The minimum Gasteiger partial charge on any atom is -0.353 e. The lowest BCUT2D eigenvalue weighted by molar-refractivity contribution is -0.119. The molecule has 4 nitrogen and oxygen atoms in total. The fourth-order valence-electron chi connectivity index (χ4n) is 1.60. The van der Waals surface area contributed by atoms with Crippen LogP contribution in [0, 0.1) is 5.92 Å². The first-order valence-electron chi connectivity index (χ1n) is 6.54. The monoisotopic (exact) mass is 351 g/mol. The summed E-state index contributed by atoms with van der Waals surface area (Å²) in [5.74, 6) is -1.03. The number of hydrogen-bond donors (Lipinski definition) is 1. The van der Waals surface area contributed by atoms with Crippen LogP contribution in [-0.2, 0) is 20.4 Å². The summed E-state index contributed by atoms with van der Waals surface area (Å²) in [6.45, 7) is 5.75. The van der Waals surface area contributed by atoms with Crippen LogP contribution in [0.3, 0.4) is 0 Å². The third kappa shape index (κ3) is 6.24. The maximum atomic E-state index is 12.0. The van der Waals surface area contributed by atoms with Gasteiger partial charge in [0.05, 0.1) is 15.8 Å². The number of carbonyl (C=O) groups is 1. The molecule has 1 unspecified atom stereocenters. The molecule has 0 aliphatic rings. The topological polar surface area (TPSA) is 63.2 Å². The first kappa shape index (κ1) is 18.3. The Labute approximate surface area is 135 Å². The van der Waals surface area contributed by atoms with Gasteiger partial charge in [-0.15, -0.1) is 0 Å². The fourth-order valence-corrected chi connectivity index (χ4v) is 3.19. The van der Waals surface area contributed by atoms with Crippen LogP contribution in [-0.4, -0.2) is 26.1 Å².